The lowest BCUT2D eigenvalue weighted by Gasteiger charge is -2.33. The number of para-hydroxylation sites is 1. The normalized spacial score (nSPS) is 16.5. The van der Waals surface area contributed by atoms with Gasteiger partial charge in [0.2, 0.25) is 0 Å². The largest absolute Gasteiger partial charge is 0.573 e. The first-order chi connectivity index (χ1) is 18.3. The summed E-state index contributed by atoms with van der Waals surface area (Å²) in [6, 6.07) is 13.3. The van der Waals surface area contributed by atoms with Crippen molar-refractivity contribution in [3.05, 3.63) is 65.4 Å². The van der Waals surface area contributed by atoms with Crippen molar-refractivity contribution in [2.24, 2.45) is 0 Å². The summed E-state index contributed by atoms with van der Waals surface area (Å²) in [5.74, 6) is 0.238. The van der Waals surface area contributed by atoms with Crippen LogP contribution in [0.4, 0.5) is 18.9 Å². The Morgan fingerprint density at radius 2 is 1.76 bits per heavy atom. The first kappa shape index (κ1) is 26.1. The fourth-order valence-electron chi connectivity index (χ4n) is 4.72. The maximum absolute atomic E-state index is 13.0. The van der Waals surface area contributed by atoms with E-state index in [0.29, 0.717) is 29.2 Å². The van der Waals surface area contributed by atoms with E-state index in [2.05, 4.69) is 14.8 Å². The number of carbonyl (C=O) groups is 1. The second-order valence-electron chi connectivity index (χ2n) is 9.46. The van der Waals surface area contributed by atoms with Crippen LogP contribution in [0.15, 0.2) is 53.1 Å². The minimum atomic E-state index is -4.82. The average molecular weight is 531 g/mol. The summed E-state index contributed by atoms with van der Waals surface area (Å²) in [6.07, 6.45) is -1.35. The Bertz CT molecular complexity index is 1250. The Morgan fingerprint density at radius 3 is 2.42 bits per heavy atom. The van der Waals surface area contributed by atoms with E-state index in [9.17, 15) is 18.0 Å². The van der Waals surface area contributed by atoms with Crippen LogP contribution in [0.2, 0.25) is 0 Å². The van der Waals surface area contributed by atoms with Crippen molar-refractivity contribution < 1.29 is 36.7 Å². The van der Waals surface area contributed by atoms with Crippen molar-refractivity contribution >= 4 is 11.7 Å². The van der Waals surface area contributed by atoms with Crippen molar-refractivity contribution in [2.45, 2.75) is 57.6 Å². The Kier molecular flexibility index (Phi) is 7.60. The number of aromatic nitrogens is 1. The summed E-state index contributed by atoms with van der Waals surface area (Å²) in [5.41, 5.74) is 2.77. The lowest BCUT2D eigenvalue weighted by Crippen LogP contribution is -2.37. The number of hydrogen-bond acceptors (Lipinski definition) is 7. The predicted molar refractivity (Wildman–Crippen MR) is 133 cm³/mol. The maximum Gasteiger partial charge on any atom is 0.573 e. The van der Waals surface area contributed by atoms with Crippen LogP contribution in [0.1, 0.15) is 60.2 Å². The highest BCUT2D eigenvalue weighted by molar-refractivity contribution is 5.89. The van der Waals surface area contributed by atoms with Gasteiger partial charge >= 0.3 is 12.3 Å². The van der Waals surface area contributed by atoms with Gasteiger partial charge in [0.05, 0.1) is 24.9 Å². The number of benzene rings is 2. The van der Waals surface area contributed by atoms with Gasteiger partial charge in [0.15, 0.2) is 0 Å². The standard InChI is InChI=1S/C28H29F3N2O5/c1-2-35-27(34)19-9-11-20(12-10-19)33-15-13-21(14-16-33)36-17-23-25(32-38-26(23)18-7-8-18)22-5-3-4-6-24(22)37-28(29,30)31/h3-6,9-12,18,21H,2,7-8,13-17H2,1H3. The third-order valence-corrected chi connectivity index (χ3v) is 6.78. The van der Waals surface area contributed by atoms with E-state index in [4.69, 9.17) is 14.0 Å². The minimum absolute atomic E-state index is 0.0125. The molecule has 1 saturated heterocycles. The van der Waals surface area contributed by atoms with Gasteiger partial charge in [-0.15, -0.1) is 13.2 Å². The van der Waals surface area contributed by atoms with Crippen molar-refractivity contribution in [1.29, 1.82) is 0 Å². The van der Waals surface area contributed by atoms with Gasteiger partial charge in [-0.2, -0.15) is 0 Å². The average Bonchev–Trinajstić information content (AvgIpc) is 3.67. The number of esters is 1. The molecule has 0 bridgehead atoms. The summed E-state index contributed by atoms with van der Waals surface area (Å²) >= 11 is 0. The molecule has 5 rings (SSSR count). The highest BCUT2D eigenvalue weighted by Gasteiger charge is 2.36. The summed E-state index contributed by atoms with van der Waals surface area (Å²) in [7, 11) is 0. The first-order valence-electron chi connectivity index (χ1n) is 12.8. The zero-order valence-corrected chi connectivity index (χ0v) is 21.0. The maximum atomic E-state index is 13.0. The van der Waals surface area contributed by atoms with Crippen LogP contribution < -0.4 is 9.64 Å². The van der Waals surface area contributed by atoms with E-state index in [1.165, 1.54) is 12.1 Å². The third kappa shape index (κ3) is 6.12. The van der Waals surface area contributed by atoms with Gasteiger partial charge in [0.1, 0.15) is 17.2 Å². The van der Waals surface area contributed by atoms with E-state index in [0.717, 1.165) is 44.5 Å². The number of piperidine rings is 1. The number of anilines is 1. The molecule has 2 heterocycles. The molecule has 1 saturated carbocycles. The molecule has 10 heteroatoms. The fourth-order valence-corrected chi connectivity index (χ4v) is 4.72. The van der Waals surface area contributed by atoms with Crippen LogP contribution in [-0.4, -0.2) is 43.3 Å². The van der Waals surface area contributed by atoms with Crippen LogP contribution in [-0.2, 0) is 16.1 Å². The first-order valence-corrected chi connectivity index (χ1v) is 12.8. The topological polar surface area (TPSA) is 74.0 Å². The zero-order valence-electron chi connectivity index (χ0n) is 21.0. The molecule has 0 unspecified atom stereocenters. The van der Waals surface area contributed by atoms with Crippen molar-refractivity contribution in [2.75, 3.05) is 24.6 Å². The molecule has 3 aromatic rings. The smallest absolute Gasteiger partial charge is 0.462 e. The molecule has 2 aromatic carbocycles. The quantitative estimate of drug-likeness (QED) is 0.293. The van der Waals surface area contributed by atoms with E-state index in [1.807, 2.05) is 12.1 Å². The van der Waals surface area contributed by atoms with Crippen LogP contribution in [0.3, 0.4) is 0 Å². The van der Waals surface area contributed by atoms with E-state index in [1.54, 1.807) is 31.2 Å². The molecule has 1 aliphatic carbocycles. The monoisotopic (exact) mass is 530 g/mol. The van der Waals surface area contributed by atoms with E-state index < -0.39 is 6.36 Å². The number of halogens is 3. The Labute approximate surface area is 218 Å². The molecule has 38 heavy (non-hydrogen) atoms. The number of nitrogens with zero attached hydrogens (tertiary/aromatic N) is 2. The van der Waals surface area contributed by atoms with E-state index in [-0.39, 0.29) is 35.9 Å². The number of ether oxygens (including phenoxy) is 3. The Balaban J connectivity index is 1.24. The lowest BCUT2D eigenvalue weighted by atomic mass is 10.0. The molecule has 0 atom stereocenters. The highest BCUT2D eigenvalue weighted by Crippen LogP contribution is 2.45. The molecular formula is C28H29F3N2O5. The van der Waals surface area contributed by atoms with Crippen LogP contribution >= 0.6 is 0 Å². The Hall–Kier alpha value is -3.53. The number of carbonyl (C=O) groups excluding carboxylic acids is 1. The van der Waals surface area contributed by atoms with Crippen molar-refractivity contribution in [1.82, 2.24) is 5.16 Å². The van der Waals surface area contributed by atoms with Gasteiger partial charge in [-0.3, -0.25) is 0 Å². The van der Waals surface area contributed by atoms with Crippen LogP contribution in [0.25, 0.3) is 11.3 Å². The highest BCUT2D eigenvalue weighted by atomic mass is 19.4. The van der Waals surface area contributed by atoms with Crippen molar-refractivity contribution in [3.63, 3.8) is 0 Å². The molecule has 1 aliphatic heterocycles. The molecule has 0 N–H and O–H groups in total. The Morgan fingerprint density at radius 1 is 1.05 bits per heavy atom. The number of rotatable bonds is 9. The second kappa shape index (κ2) is 11.1. The molecule has 0 spiro atoms. The molecular weight excluding hydrogens is 501 g/mol. The molecule has 202 valence electrons. The molecule has 7 nitrogen and oxygen atoms in total. The van der Waals surface area contributed by atoms with Gasteiger partial charge in [-0.25, -0.2) is 4.79 Å². The molecule has 1 aromatic heterocycles. The van der Waals surface area contributed by atoms with Gasteiger partial charge in [0, 0.05) is 35.8 Å². The van der Waals surface area contributed by atoms with Crippen molar-refractivity contribution in [3.8, 4) is 17.0 Å². The van der Waals surface area contributed by atoms with Crippen LogP contribution in [0, 0.1) is 0 Å². The number of alkyl halides is 3. The van der Waals surface area contributed by atoms with Gasteiger partial charge < -0.3 is 23.6 Å². The molecule has 0 amide bonds. The molecule has 2 aliphatic rings. The molecule has 0 radical (unpaired) electrons. The summed E-state index contributed by atoms with van der Waals surface area (Å²) in [5, 5.41) is 4.14. The molecule has 2 fully saturated rings. The fraction of sp³-hybridized carbons (Fsp3) is 0.429. The summed E-state index contributed by atoms with van der Waals surface area (Å²) in [4.78, 5) is 14.1. The predicted octanol–water partition coefficient (Wildman–Crippen LogP) is 6.48. The third-order valence-electron chi connectivity index (χ3n) is 6.78. The van der Waals surface area contributed by atoms with E-state index >= 15 is 0 Å². The minimum Gasteiger partial charge on any atom is -0.462 e. The van der Waals surface area contributed by atoms with Crippen LogP contribution in [0.5, 0.6) is 5.75 Å². The zero-order chi connectivity index (χ0) is 26.7. The lowest BCUT2D eigenvalue weighted by molar-refractivity contribution is -0.274. The van der Waals surface area contributed by atoms with Gasteiger partial charge in [-0.05, 0) is 69.0 Å². The SMILES string of the molecule is CCOC(=O)c1ccc(N2CCC(OCc3c(-c4ccccc4OC(F)(F)F)noc3C3CC3)CC2)cc1. The van der Waals surface area contributed by atoms with Gasteiger partial charge in [0.25, 0.3) is 0 Å². The van der Waals surface area contributed by atoms with Gasteiger partial charge in [-0.1, -0.05) is 17.3 Å². The number of hydrogen-bond donors (Lipinski definition) is 0. The summed E-state index contributed by atoms with van der Waals surface area (Å²) < 4.78 is 60.2. The second-order valence-corrected chi connectivity index (χ2v) is 9.46. The summed E-state index contributed by atoms with van der Waals surface area (Å²) in [6.45, 7) is 3.86.